The van der Waals surface area contributed by atoms with Gasteiger partial charge in [-0.3, -0.25) is 5.10 Å². The molecule has 1 heterocycles. The molecule has 0 spiro atoms. The predicted molar refractivity (Wildman–Crippen MR) is 55.4 cm³/mol. The molecule has 13 heavy (non-hydrogen) atoms. The van der Waals surface area contributed by atoms with Crippen molar-refractivity contribution in [3.8, 4) is 11.3 Å². The van der Waals surface area contributed by atoms with Crippen molar-refractivity contribution in [1.29, 1.82) is 0 Å². The van der Waals surface area contributed by atoms with E-state index in [-0.39, 0.29) is 0 Å². The van der Waals surface area contributed by atoms with E-state index in [0.29, 0.717) is 0 Å². The van der Waals surface area contributed by atoms with Crippen LogP contribution in [-0.4, -0.2) is 10.2 Å². The summed E-state index contributed by atoms with van der Waals surface area (Å²) in [7, 11) is 0. The maximum atomic E-state index is 3.87. The lowest BCUT2D eigenvalue weighted by Gasteiger charge is -1.93. The first-order valence-electron chi connectivity index (χ1n) is 4.51. The zero-order valence-electron chi connectivity index (χ0n) is 7.99. The molecule has 2 nitrogen and oxygen atoms in total. The molecule has 0 aliphatic carbocycles. The molecule has 0 radical (unpaired) electrons. The van der Waals surface area contributed by atoms with Gasteiger partial charge in [-0.15, -0.1) is 0 Å². The minimum absolute atomic E-state index is 1.06. The molecule has 0 unspecified atom stereocenters. The summed E-state index contributed by atoms with van der Waals surface area (Å²) in [5, 5.41) is 6.78. The zero-order chi connectivity index (χ0) is 9.52. The molecule has 0 aliphatic rings. The van der Waals surface area contributed by atoms with E-state index < -0.39 is 0 Å². The van der Waals surface area contributed by atoms with Gasteiger partial charge in [0, 0.05) is 6.20 Å². The molecule has 0 atom stereocenters. The van der Waals surface area contributed by atoms with Crippen molar-refractivity contribution in [3.05, 3.63) is 42.6 Å². The number of aromatic nitrogens is 2. The number of nitrogens with one attached hydrogen (secondary N) is 1. The molecule has 0 amide bonds. The summed E-state index contributed by atoms with van der Waals surface area (Å²) in [6.45, 7) is 4.00. The number of hydrogen-bond donors (Lipinski definition) is 1. The highest BCUT2D eigenvalue weighted by molar-refractivity contribution is 5.57. The van der Waals surface area contributed by atoms with Crippen molar-refractivity contribution >= 4 is 0 Å². The van der Waals surface area contributed by atoms with Crippen LogP contribution >= 0.6 is 0 Å². The Hall–Kier alpha value is -1.57. The van der Waals surface area contributed by atoms with Crippen LogP contribution in [0.2, 0.25) is 0 Å². The van der Waals surface area contributed by atoms with Crippen molar-refractivity contribution in [2.75, 3.05) is 0 Å². The molecule has 1 aromatic carbocycles. The van der Waals surface area contributed by atoms with E-state index in [1.165, 1.54) is 5.56 Å². The average Bonchev–Trinajstić information content (AvgIpc) is 2.75. The van der Waals surface area contributed by atoms with E-state index in [2.05, 4.69) is 10.2 Å². The normalized spacial score (nSPS) is 8.77. The summed E-state index contributed by atoms with van der Waals surface area (Å²) in [5.74, 6) is 0. The molecule has 2 aromatic rings. The van der Waals surface area contributed by atoms with E-state index in [1.807, 2.05) is 50.2 Å². The van der Waals surface area contributed by atoms with Gasteiger partial charge < -0.3 is 0 Å². The first-order valence-corrected chi connectivity index (χ1v) is 4.51. The van der Waals surface area contributed by atoms with E-state index in [0.717, 1.165) is 5.69 Å². The fourth-order valence-corrected chi connectivity index (χ4v) is 1.03. The summed E-state index contributed by atoms with van der Waals surface area (Å²) in [6.07, 6.45) is 1.75. The first-order chi connectivity index (χ1) is 6.47. The molecule has 0 saturated heterocycles. The summed E-state index contributed by atoms with van der Waals surface area (Å²) in [6, 6.07) is 12.1. The standard InChI is InChI=1S/C9H8N2.C2H6/c1-2-4-8(5-3-1)9-6-7-10-11-9;1-2/h1-7H,(H,10,11);1-2H3. The average molecular weight is 174 g/mol. The summed E-state index contributed by atoms with van der Waals surface area (Å²) >= 11 is 0. The summed E-state index contributed by atoms with van der Waals surface area (Å²) in [5.41, 5.74) is 2.23. The van der Waals surface area contributed by atoms with E-state index >= 15 is 0 Å². The van der Waals surface area contributed by atoms with Crippen molar-refractivity contribution < 1.29 is 0 Å². The Labute approximate surface area is 78.6 Å². The molecule has 2 heteroatoms. The zero-order valence-corrected chi connectivity index (χ0v) is 7.99. The molecule has 1 aromatic heterocycles. The molecule has 0 aliphatic heterocycles. The summed E-state index contributed by atoms with van der Waals surface area (Å²) in [4.78, 5) is 0. The number of rotatable bonds is 1. The second-order valence-corrected chi connectivity index (χ2v) is 2.34. The maximum Gasteiger partial charge on any atom is 0.0650 e. The third-order valence-corrected chi connectivity index (χ3v) is 1.59. The Morgan fingerprint density at radius 3 is 2.23 bits per heavy atom. The van der Waals surface area contributed by atoms with Gasteiger partial charge in [0.2, 0.25) is 0 Å². The molecule has 1 N–H and O–H groups in total. The third kappa shape index (κ3) is 2.44. The quantitative estimate of drug-likeness (QED) is 0.707. The fourth-order valence-electron chi connectivity index (χ4n) is 1.03. The Bertz CT molecular complexity index is 311. The smallest absolute Gasteiger partial charge is 0.0650 e. The van der Waals surface area contributed by atoms with Gasteiger partial charge >= 0.3 is 0 Å². The lowest BCUT2D eigenvalue weighted by atomic mass is 10.2. The molecule has 0 saturated carbocycles. The Kier molecular flexibility index (Phi) is 3.76. The van der Waals surface area contributed by atoms with E-state index in [4.69, 9.17) is 0 Å². The van der Waals surface area contributed by atoms with Crippen LogP contribution in [0, 0.1) is 0 Å². The molecule has 0 bridgehead atoms. The number of nitrogens with zero attached hydrogens (tertiary/aromatic N) is 1. The highest BCUT2D eigenvalue weighted by Crippen LogP contribution is 2.13. The van der Waals surface area contributed by atoms with Crippen LogP contribution < -0.4 is 0 Å². The van der Waals surface area contributed by atoms with Crippen LogP contribution in [0.5, 0.6) is 0 Å². The number of aromatic amines is 1. The van der Waals surface area contributed by atoms with Crippen LogP contribution in [0.15, 0.2) is 42.6 Å². The number of H-pyrrole nitrogens is 1. The third-order valence-electron chi connectivity index (χ3n) is 1.59. The molecular formula is C11H14N2. The molecule has 2 rings (SSSR count). The van der Waals surface area contributed by atoms with Gasteiger partial charge in [0.25, 0.3) is 0 Å². The van der Waals surface area contributed by atoms with E-state index in [1.54, 1.807) is 6.20 Å². The maximum absolute atomic E-state index is 3.87. The lowest BCUT2D eigenvalue weighted by Crippen LogP contribution is -1.75. The van der Waals surface area contributed by atoms with Gasteiger partial charge in [-0.25, -0.2) is 0 Å². The molecule has 68 valence electrons. The van der Waals surface area contributed by atoms with Crippen molar-refractivity contribution in [2.24, 2.45) is 0 Å². The van der Waals surface area contributed by atoms with Crippen molar-refractivity contribution in [2.45, 2.75) is 13.8 Å². The van der Waals surface area contributed by atoms with Gasteiger partial charge in [0.05, 0.1) is 5.69 Å². The molecule has 0 fully saturated rings. The van der Waals surface area contributed by atoms with Gasteiger partial charge in [-0.05, 0) is 11.6 Å². The largest absolute Gasteiger partial charge is 0.278 e. The predicted octanol–water partition coefficient (Wildman–Crippen LogP) is 3.10. The van der Waals surface area contributed by atoms with Gasteiger partial charge in [0.1, 0.15) is 0 Å². The van der Waals surface area contributed by atoms with Crippen LogP contribution in [0.1, 0.15) is 13.8 Å². The number of hydrogen-bond acceptors (Lipinski definition) is 1. The Balaban J connectivity index is 0.000000396. The Morgan fingerprint density at radius 2 is 1.69 bits per heavy atom. The van der Waals surface area contributed by atoms with Crippen molar-refractivity contribution in [3.63, 3.8) is 0 Å². The first kappa shape index (κ1) is 9.52. The fraction of sp³-hybridized carbons (Fsp3) is 0.182. The van der Waals surface area contributed by atoms with Gasteiger partial charge in [0.15, 0.2) is 0 Å². The van der Waals surface area contributed by atoms with Crippen LogP contribution in [0.4, 0.5) is 0 Å². The summed E-state index contributed by atoms with van der Waals surface area (Å²) < 4.78 is 0. The SMILES string of the molecule is CC.c1ccc(-c2ccn[nH]2)cc1. The molecular weight excluding hydrogens is 160 g/mol. The highest BCUT2D eigenvalue weighted by Gasteiger charge is 1.94. The topological polar surface area (TPSA) is 28.7 Å². The second-order valence-electron chi connectivity index (χ2n) is 2.34. The Morgan fingerprint density at radius 1 is 1.00 bits per heavy atom. The van der Waals surface area contributed by atoms with Crippen LogP contribution in [0.3, 0.4) is 0 Å². The monoisotopic (exact) mass is 174 g/mol. The minimum Gasteiger partial charge on any atom is -0.278 e. The van der Waals surface area contributed by atoms with E-state index in [9.17, 15) is 0 Å². The van der Waals surface area contributed by atoms with Crippen molar-refractivity contribution in [1.82, 2.24) is 10.2 Å². The number of benzene rings is 1. The van der Waals surface area contributed by atoms with Crippen LogP contribution in [-0.2, 0) is 0 Å². The highest BCUT2D eigenvalue weighted by atomic mass is 15.1. The lowest BCUT2D eigenvalue weighted by molar-refractivity contribution is 1.10. The minimum atomic E-state index is 1.06. The second kappa shape index (κ2) is 5.14. The van der Waals surface area contributed by atoms with Crippen LogP contribution in [0.25, 0.3) is 11.3 Å². The van der Waals surface area contributed by atoms with Gasteiger partial charge in [-0.2, -0.15) is 5.10 Å². The van der Waals surface area contributed by atoms with Gasteiger partial charge in [-0.1, -0.05) is 44.2 Å².